The van der Waals surface area contributed by atoms with Gasteiger partial charge in [-0.25, -0.2) is 0 Å². The fraction of sp³-hybridized carbons (Fsp3) is 0.158. The molecule has 0 spiro atoms. The molecule has 0 saturated heterocycles. The van der Waals surface area contributed by atoms with Crippen LogP contribution in [-0.2, 0) is 0 Å². The third kappa shape index (κ3) is 1.15. The summed E-state index contributed by atoms with van der Waals surface area (Å²) < 4.78 is 2.33. The maximum atomic E-state index is 4.35. The van der Waals surface area contributed by atoms with Crippen LogP contribution in [0.2, 0.25) is 0 Å². The van der Waals surface area contributed by atoms with Crippen LogP contribution < -0.4 is 0 Å². The fourth-order valence-corrected chi connectivity index (χ4v) is 3.94. The molecule has 4 heterocycles. The Labute approximate surface area is 127 Å². The quantitative estimate of drug-likeness (QED) is 0.418. The highest BCUT2D eigenvalue weighted by atomic mass is 14.9. The first-order chi connectivity index (χ1) is 10.7. The Hall–Kier alpha value is -2.68. The molecular weight excluding hydrogens is 270 g/mol. The van der Waals surface area contributed by atoms with Crippen LogP contribution in [0.4, 0.5) is 0 Å². The standard InChI is InChI=1S/C19H15N3/c1-10-11(2)17-13-4-6-20-8-15(13)22-16-9-21-7-5-14(16)18(12(10)3)19(17)22/h4-9H,1-3H3. The molecule has 22 heavy (non-hydrogen) atoms. The molecule has 5 aromatic rings. The molecule has 0 radical (unpaired) electrons. The van der Waals surface area contributed by atoms with Crippen molar-refractivity contribution in [3.8, 4) is 0 Å². The van der Waals surface area contributed by atoms with Crippen molar-refractivity contribution in [3.63, 3.8) is 0 Å². The van der Waals surface area contributed by atoms with Gasteiger partial charge in [0.15, 0.2) is 0 Å². The zero-order valence-corrected chi connectivity index (χ0v) is 12.8. The molecule has 0 aliphatic rings. The van der Waals surface area contributed by atoms with E-state index in [2.05, 4.69) is 47.3 Å². The summed E-state index contributed by atoms with van der Waals surface area (Å²) in [5, 5.41) is 5.26. The fourth-order valence-electron chi connectivity index (χ4n) is 3.94. The largest absolute Gasteiger partial charge is 0.305 e. The molecule has 0 unspecified atom stereocenters. The summed E-state index contributed by atoms with van der Waals surface area (Å²) >= 11 is 0. The van der Waals surface area contributed by atoms with Crippen molar-refractivity contribution in [1.29, 1.82) is 0 Å². The number of hydrogen-bond acceptors (Lipinski definition) is 2. The molecule has 106 valence electrons. The van der Waals surface area contributed by atoms with Gasteiger partial charge in [0, 0.05) is 33.9 Å². The van der Waals surface area contributed by atoms with Gasteiger partial charge in [-0.1, -0.05) is 0 Å². The van der Waals surface area contributed by atoms with Gasteiger partial charge in [0.05, 0.1) is 28.9 Å². The summed E-state index contributed by atoms with van der Waals surface area (Å²) in [6, 6.07) is 4.25. The van der Waals surface area contributed by atoms with Crippen LogP contribution in [0, 0.1) is 20.8 Å². The van der Waals surface area contributed by atoms with E-state index in [-0.39, 0.29) is 0 Å². The van der Waals surface area contributed by atoms with E-state index in [1.807, 2.05) is 24.8 Å². The highest BCUT2D eigenvalue weighted by Gasteiger charge is 2.21. The zero-order chi connectivity index (χ0) is 15.0. The SMILES string of the molecule is Cc1c(C)c2c3ccncc3n3c4cnccc4c(c1C)c23. The molecule has 0 amide bonds. The van der Waals surface area contributed by atoms with Crippen LogP contribution in [0.15, 0.2) is 36.9 Å². The van der Waals surface area contributed by atoms with Crippen molar-refractivity contribution < 1.29 is 0 Å². The Morgan fingerprint density at radius 2 is 1.23 bits per heavy atom. The molecular formula is C19H15N3. The molecule has 0 fully saturated rings. The molecule has 4 aromatic heterocycles. The van der Waals surface area contributed by atoms with Crippen molar-refractivity contribution in [2.24, 2.45) is 0 Å². The predicted octanol–water partition coefficient (Wildman–Crippen LogP) is 4.55. The molecule has 0 atom stereocenters. The minimum Gasteiger partial charge on any atom is -0.305 e. The van der Waals surface area contributed by atoms with E-state index in [0.29, 0.717) is 0 Å². The number of hydrogen-bond donors (Lipinski definition) is 0. The van der Waals surface area contributed by atoms with E-state index in [9.17, 15) is 0 Å². The van der Waals surface area contributed by atoms with Gasteiger partial charge in [-0.2, -0.15) is 0 Å². The first kappa shape index (κ1) is 11.9. The molecule has 0 aliphatic heterocycles. The molecule has 5 rings (SSSR count). The number of fused-ring (bicyclic) bond motifs is 6. The van der Waals surface area contributed by atoms with Gasteiger partial charge >= 0.3 is 0 Å². The maximum absolute atomic E-state index is 4.35. The Balaban J connectivity index is 2.33. The lowest BCUT2D eigenvalue weighted by molar-refractivity contribution is 1.27. The van der Waals surface area contributed by atoms with Crippen LogP contribution >= 0.6 is 0 Å². The Bertz CT molecular complexity index is 1110. The molecule has 1 aromatic carbocycles. The summed E-state index contributed by atoms with van der Waals surface area (Å²) in [6.45, 7) is 6.68. The van der Waals surface area contributed by atoms with Gasteiger partial charge in [0.25, 0.3) is 0 Å². The third-order valence-electron chi connectivity index (χ3n) is 5.19. The number of aryl methyl sites for hydroxylation is 2. The minimum absolute atomic E-state index is 1.17. The van der Waals surface area contributed by atoms with Gasteiger partial charge in [-0.15, -0.1) is 0 Å². The van der Waals surface area contributed by atoms with Gasteiger partial charge in [-0.3, -0.25) is 9.97 Å². The minimum atomic E-state index is 1.17. The second-order valence-corrected chi connectivity index (χ2v) is 6.09. The zero-order valence-electron chi connectivity index (χ0n) is 12.8. The van der Waals surface area contributed by atoms with Gasteiger partial charge in [0.2, 0.25) is 0 Å². The predicted molar refractivity (Wildman–Crippen MR) is 90.9 cm³/mol. The summed E-state index contributed by atoms with van der Waals surface area (Å²) in [4.78, 5) is 8.69. The van der Waals surface area contributed by atoms with Crippen LogP contribution in [0.25, 0.3) is 38.1 Å². The van der Waals surface area contributed by atoms with E-state index < -0.39 is 0 Å². The van der Waals surface area contributed by atoms with Gasteiger partial charge < -0.3 is 4.40 Å². The van der Waals surface area contributed by atoms with E-state index in [4.69, 9.17) is 0 Å². The van der Waals surface area contributed by atoms with Crippen molar-refractivity contribution in [1.82, 2.24) is 14.4 Å². The number of nitrogens with zero attached hydrogens (tertiary/aromatic N) is 3. The highest BCUT2D eigenvalue weighted by Crippen LogP contribution is 2.42. The molecule has 3 heteroatoms. The molecule has 0 N–H and O–H groups in total. The normalized spacial score (nSPS) is 12.3. The molecule has 0 bridgehead atoms. The van der Waals surface area contributed by atoms with Crippen LogP contribution in [0.3, 0.4) is 0 Å². The topological polar surface area (TPSA) is 30.2 Å². The lowest BCUT2D eigenvalue weighted by Gasteiger charge is -2.09. The van der Waals surface area contributed by atoms with Crippen molar-refractivity contribution in [2.75, 3.05) is 0 Å². The lowest BCUT2D eigenvalue weighted by Crippen LogP contribution is -1.89. The van der Waals surface area contributed by atoms with Crippen LogP contribution in [-0.4, -0.2) is 14.4 Å². The second kappa shape index (κ2) is 3.74. The monoisotopic (exact) mass is 285 g/mol. The van der Waals surface area contributed by atoms with E-state index in [1.165, 1.54) is 54.8 Å². The van der Waals surface area contributed by atoms with Gasteiger partial charge in [-0.05, 0) is 49.6 Å². The van der Waals surface area contributed by atoms with E-state index >= 15 is 0 Å². The first-order valence-corrected chi connectivity index (χ1v) is 7.52. The van der Waals surface area contributed by atoms with Crippen LogP contribution in [0.1, 0.15) is 16.7 Å². The highest BCUT2D eigenvalue weighted by molar-refractivity contribution is 6.25. The lowest BCUT2D eigenvalue weighted by atomic mass is 9.94. The Morgan fingerprint density at radius 3 is 1.73 bits per heavy atom. The maximum Gasteiger partial charge on any atom is 0.0725 e. The Morgan fingerprint density at radius 1 is 0.727 bits per heavy atom. The number of benzene rings is 1. The second-order valence-electron chi connectivity index (χ2n) is 6.09. The Kier molecular flexibility index (Phi) is 2.03. The van der Waals surface area contributed by atoms with Crippen molar-refractivity contribution in [2.45, 2.75) is 20.8 Å². The smallest absolute Gasteiger partial charge is 0.0725 e. The summed E-state index contributed by atoms with van der Waals surface area (Å²) in [5.41, 5.74) is 7.76. The molecule has 0 aliphatic carbocycles. The van der Waals surface area contributed by atoms with Crippen molar-refractivity contribution in [3.05, 3.63) is 53.6 Å². The third-order valence-corrected chi connectivity index (χ3v) is 5.19. The van der Waals surface area contributed by atoms with Crippen molar-refractivity contribution >= 4 is 38.1 Å². The average Bonchev–Trinajstić information content (AvgIpc) is 3.05. The number of pyridine rings is 2. The molecule has 3 nitrogen and oxygen atoms in total. The number of aromatic nitrogens is 3. The molecule has 0 saturated carbocycles. The van der Waals surface area contributed by atoms with E-state index in [0.717, 1.165) is 0 Å². The average molecular weight is 285 g/mol. The van der Waals surface area contributed by atoms with Crippen LogP contribution in [0.5, 0.6) is 0 Å². The summed E-state index contributed by atoms with van der Waals surface area (Å²) in [7, 11) is 0. The van der Waals surface area contributed by atoms with Gasteiger partial charge in [0.1, 0.15) is 0 Å². The van der Waals surface area contributed by atoms with E-state index in [1.54, 1.807) is 0 Å². The summed E-state index contributed by atoms with van der Waals surface area (Å²) in [6.07, 6.45) is 7.69. The number of rotatable bonds is 0. The summed E-state index contributed by atoms with van der Waals surface area (Å²) in [5.74, 6) is 0. The first-order valence-electron chi connectivity index (χ1n) is 7.52.